The highest BCUT2D eigenvalue weighted by Crippen LogP contribution is 2.16. The van der Waals surface area contributed by atoms with Crippen LogP contribution in [0.4, 0.5) is 0 Å². The highest BCUT2D eigenvalue weighted by atomic mass is 16.2. The third kappa shape index (κ3) is 3.22. The minimum atomic E-state index is -0.378. The van der Waals surface area contributed by atoms with Crippen LogP contribution < -0.4 is 0 Å². The van der Waals surface area contributed by atoms with Crippen molar-refractivity contribution in [2.75, 3.05) is 13.1 Å². The molecule has 0 aliphatic carbocycles. The molecule has 0 atom stereocenters. The molecule has 0 radical (unpaired) electrons. The van der Waals surface area contributed by atoms with Crippen LogP contribution in [0.1, 0.15) is 54.9 Å². The zero-order valence-electron chi connectivity index (χ0n) is 11.7. The first-order chi connectivity index (χ1) is 9.09. The van der Waals surface area contributed by atoms with Crippen LogP contribution in [0.15, 0.2) is 24.3 Å². The molecular weight excluding hydrogens is 238 g/mol. The van der Waals surface area contributed by atoms with E-state index in [4.69, 9.17) is 0 Å². The topological polar surface area (TPSA) is 37.4 Å². The van der Waals surface area contributed by atoms with E-state index in [1.54, 1.807) is 17.0 Å². The molecular formula is C16H21NO2. The molecule has 19 heavy (non-hydrogen) atoms. The maximum absolute atomic E-state index is 12.1. The molecule has 1 saturated heterocycles. The molecule has 1 heterocycles. The van der Waals surface area contributed by atoms with Crippen LogP contribution in [-0.2, 0) is 4.79 Å². The lowest BCUT2D eigenvalue weighted by Gasteiger charge is -2.25. The summed E-state index contributed by atoms with van der Waals surface area (Å²) in [5, 5.41) is 0. The molecule has 102 valence electrons. The van der Waals surface area contributed by atoms with Crippen molar-refractivity contribution in [1.29, 1.82) is 0 Å². The third-order valence-corrected chi connectivity index (χ3v) is 3.68. The summed E-state index contributed by atoms with van der Waals surface area (Å²) in [5.74, 6) is -0.295. The molecule has 0 N–H and O–H groups in total. The number of carbonyl (C=O) groups is 2. The molecule has 1 amide bonds. The summed E-state index contributed by atoms with van der Waals surface area (Å²) in [6.45, 7) is 5.65. The van der Waals surface area contributed by atoms with Gasteiger partial charge in [-0.2, -0.15) is 0 Å². The van der Waals surface area contributed by atoms with Crippen LogP contribution >= 0.6 is 0 Å². The number of rotatable bonds is 3. The molecule has 0 saturated carbocycles. The Hall–Kier alpha value is -1.64. The smallest absolute Gasteiger partial charge is 0.294 e. The maximum atomic E-state index is 12.1. The Balaban J connectivity index is 2.08. The van der Waals surface area contributed by atoms with Crippen molar-refractivity contribution in [3.63, 3.8) is 0 Å². The van der Waals surface area contributed by atoms with Gasteiger partial charge in [-0.1, -0.05) is 38.1 Å². The van der Waals surface area contributed by atoms with E-state index in [2.05, 4.69) is 13.8 Å². The van der Waals surface area contributed by atoms with Crippen LogP contribution in [0.2, 0.25) is 0 Å². The molecule has 1 aromatic carbocycles. The van der Waals surface area contributed by atoms with Gasteiger partial charge in [-0.05, 0) is 30.7 Å². The summed E-state index contributed by atoms with van der Waals surface area (Å²) < 4.78 is 0. The molecule has 1 fully saturated rings. The fourth-order valence-electron chi connectivity index (χ4n) is 2.38. The summed E-state index contributed by atoms with van der Waals surface area (Å²) in [7, 11) is 0. The number of carbonyl (C=O) groups excluding carboxylic acids is 2. The number of Topliss-reactive ketones (excluding diaryl/α,β-unsaturated/α-hetero) is 1. The van der Waals surface area contributed by atoms with Crippen molar-refractivity contribution < 1.29 is 9.59 Å². The lowest BCUT2D eigenvalue weighted by Crippen LogP contribution is -2.40. The minimum Gasteiger partial charge on any atom is -0.336 e. The average Bonchev–Trinajstić information content (AvgIpc) is 2.46. The van der Waals surface area contributed by atoms with Crippen molar-refractivity contribution in [3.05, 3.63) is 35.4 Å². The molecule has 3 heteroatoms. The van der Waals surface area contributed by atoms with E-state index >= 15 is 0 Å². The summed E-state index contributed by atoms with van der Waals surface area (Å²) in [6.07, 6.45) is 3.16. The number of hydrogen-bond donors (Lipinski definition) is 0. The summed E-state index contributed by atoms with van der Waals surface area (Å²) >= 11 is 0. The minimum absolute atomic E-state index is 0.350. The highest BCUT2D eigenvalue weighted by Gasteiger charge is 2.24. The van der Waals surface area contributed by atoms with Gasteiger partial charge >= 0.3 is 0 Å². The van der Waals surface area contributed by atoms with Gasteiger partial charge in [0.15, 0.2) is 0 Å². The molecule has 0 spiro atoms. The van der Waals surface area contributed by atoms with E-state index in [1.165, 1.54) is 5.56 Å². The fourth-order valence-corrected chi connectivity index (χ4v) is 2.38. The predicted octanol–water partition coefficient (Wildman–Crippen LogP) is 3.01. The second-order valence-electron chi connectivity index (χ2n) is 5.46. The first-order valence-electron chi connectivity index (χ1n) is 7.03. The summed E-state index contributed by atoms with van der Waals surface area (Å²) in [5.41, 5.74) is 1.68. The van der Waals surface area contributed by atoms with Crippen molar-refractivity contribution in [1.82, 2.24) is 4.90 Å². The maximum Gasteiger partial charge on any atom is 0.294 e. The molecule has 0 bridgehead atoms. The fraction of sp³-hybridized carbons (Fsp3) is 0.500. The van der Waals surface area contributed by atoms with Crippen LogP contribution in [0.3, 0.4) is 0 Å². The van der Waals surface area contributed by atoms with E-state index in [0.29, 0.717) is 24.6 Å². The Morgan fingerprint density at radius 1 is 1.00 bits per heavy atom. The van der Waals surface area contributed by atoms with Gasteiger partial charge in [0.25, 0.3) is 5.91 Å². The number of benzene rings is 1. The van der Waals surface area contributed by atoms with Crippen molar-refractivity contribution in [2.45, 2.75) is 39.0 Å². The van der Waals surface area contributed by atoms with Crippen LogP contribution in [-0.4, -0.2) is 29.7 Å². The number of nitrogens with zero attached hydrogens (tertiary/aromatic N) is 1. The Morgan fingerprint density at radius 3 is 2.11 bits per heavy atom. The molecule has 0 aromatic heterocycles. The van der Waals surface area contributed by atoms with E-state index in [-0.39, 0.29) is 11.7 Å². The van der Waals surface area contributed by atoms with E-state index in [0.717, 1.165) is 19.3 Å². The van der Waals surface area contributed by atoms with Gasteiger partial charge in [-0.3, -0.25) is 9.59 Å². The Kier molecular flexibility index (Phi) is 4.35. The first-order valence-corrected chi connectivity index (χ1v) is 7.03. The Bertz CT molecular complexity index is 456. The van der Waals surface area contributed by atoms with Gasteiger partial charge < -0.3 is 4.90 Å². The van der Waals surface area contributed by atoms with Crippen LogP contribution in [0, 0.1) is 0 Å². The molecule has 2 rings (SSSR count). The van der Waals surface area contributed by atoms with Crippen LogP contribution in [0.25, 0.3) is 0 Å². The second-order valence-corrected chi connectivity index (χ2v) is 5.46. The van der Waals surface area contributed by atoms with Gasteiger partial charge in [0.1, 0.15) is 0 Å². The number of piperidine rings is 1. The van der Waals surface area contributed by atoms with Gasteiger partial charge in [-0.15, -0.1) is 0 Å². The van der Waals surface area contributed by atoms with Crippen LogP contribution in [0.5, 0.6) is 0 Å². The van der Waals surface area contributed by atoms with E-state index in [9.17, 15) is 9.59 Å². The number of likely N-dealkylation sites (tertiary alicyclic amines) is 1. The zero-order chi connectivity index (χ0) is 13.8. The standard InChI is InChI=1S/C16H21NO2/c1-12(2)13-6-8-14(9-7-13)15(18)16(19)17-10-4-3-5-11-17/h6-9,12H,3-5,10-11H2,1-2H3. The quantitative estimate of drug-likeness (QED) is 0.618. The Labute approximate surface area is 114 Å². The van der Waals surface area contributed by atoms with Gasteiger partial charge in [0.05, 0.1) is 0 Å². The average molecular weight is 259 g/mol. The second kappa shape index (κ2) is 6.00. The predicted molar refractivity (Wildman–Crippen MR) is 75.3 cm³/mol. The van der Waals surface area contributed by atoms with Crippen molar-refractivity contribution in [2.24, 2.45) is 0 Å². The molecule has 1 aromatic rings. The highest BCUT2D eigenvalue weighted by molar-refractivity contribution is 6.42. The normalized spacial score (nSPS) is 15.6. The van der Waals surface area contributed by atoms with Crippen molar-refractivity contribution >= 4 is 11.7 Å². The third-order valence-electron chi connectivity index (χ3n) is 3.68. The largest absolute Gasteiger partial charge is 0.336 e. The van der Waals surface area contributed by atoms with E-state index < -0.39 is 0 Å². The monoisotopic (exact) mass is 259 g/mol. The van der Waals surface area contributed by atoms with Gasteiger partial charge in [0, 0.05) is 18.7 Å². The summed E-state index contributed by atoms with van der Waals surface area (Å²) in [4.78, 5) is 25.9. The first kappa shape index (κ1) is 13.8. The Morgan fingerprint density at radius 2 is 1.58 bits per heavy atom. The molecule has 1 aliphatic rings. The number of hydrogen-bond acceptors (Lipinski definition) is 2. The lowest BCUT2D eigenvalue weighted by molar-refractivity contribution is -0.127. The number of ketones is 1. The molecule has 3 nitrogen and oxygen atoms in total. The summed E-state index contributed by atoms with van der Waals surface area (Å²) in [6, 6.07) is 7.39. The van der Waals surface area contributed by atoms with E-state index in [1.807, 2.05) is 12.1 Å². The van der Waals surface area contributed by atoms with Gasteiger partial charge in [0.2, 0.25) is 5.78 Å². The molecule has 1 aliphatic heterocycles. The van der Waals surface area contributed by atoms with Gasteiger partial charge in [-0.25, -0.2) is 0 Å². The zero-order valence-corrected chi connectivity index (χ0v) is 11.7. The number of amides is 1. The molecule has 0 unspecified atom stereocenters. The SMILES string of the molecule is CC(C)c1ccc(C(=O)C(=O)N2CCCCC2)cc1. The van der Waals surface area contributed by atoms with Crippen molar-refractivity contribution in [3.8, 4) is 0 Å². The lowest BCUT2D eigenvalue weighted by atomic mass is 10.00.